The van der Waals surface area contributed by atoms with Crippen molar-refractivity contribution in [2.75, 3.05) is 0 Å². The highest BCUT2D eigenvalue weighted by Gasteiger charge is 2.05. The van der Waals surface area contributed by atoms with Crippen LogP contribution in [-0.4, -0.2) is 14.5 Å². The van der Waals surface area contributed by atoms with Gasteiger partial charge in [-0.3, -0.25) is 0 Å². The van der Waals surface area contributed by atoms with Crippen LogP contribution in [0.3, 0.4) is 0 Å². The third-order valence-electron chi connectivity index (χ3n) is 1.50. The molecule has 2 rings (SSSR count). The lowest BCUT2D eigenvalue weighted by molar-refractivity contribution is 0.631. The highest BCUT2D eigenvalue weighted by atomic mass is 19.1. The van der Waals surface area contributed by atoms with Crippen molar-refractivity contribution in [3.8, 4) is 0 Å². The minimum Gasteiger partial charge on any atom is -0.342 e. The van der Waals surface area contributed by atoms with Crippen molar-refractivity contribution in [1.82, 2.24) is 14.5 Å². The van der Waals surface area contributed by atoms with E-state index in [1.54, 1.807) is 17.9 Å². The van der Waals surface area contributed by atoms with E-state index < -0.39 is 0 Å². The number of hydrogen-bond donors (Lipinski definition) is 1. The summed E-state index contributed by atoms with van der Waals surface area (Å²) in [4.78, 5) is 6.61. The lowest BCUT2D eigenvalue weighted by atomic mass is 10.5. The summed E-state index contributed by atoms with van der Waals surface area (Å²) in [5.41, 5.74) is 1.13. The number of rotatable bonds is 0. The van der Waals surface area contributed by atoms with Gasteiger partial charge in [-0.05, 0) is 0 Å². The number of aromatic amines is 1. The van der Waals surface area contributed by atoms with Crippen molar-refractivity contribution in [3.63, 3.8) is 0 Å². The standard InChI is InChI=1S/C6H6FN3/c1-10-3-9-6-5(10)4(7)2-8-6/h2-3,8H,1H3. The van der Waals surface area contributed by atoms with Gasteiger partial charge < -0.3 is 9.55 Å². The Morgan fingerprint density at radius 3 is 3.20 bits per heavy atom. The molecule has 0 bridgehead atoms. The molecule has 4 heteroatoms. The van der Waals surface area contributed by atoms with Crippen molar-refractivity contribution in [3.05, 3.63) is 18.3 Å². The maximum absolute atomic E-state index is 12.7. The van der Waals surface area contributed by atoms with E-state index in [4.69, 9.17) is 0 Å². The summed E-state index contributed by atoms with van der Waals surface area (Å²) >= 11 is 0. The molecule has 0 aliphatic rings. The van der Waals surface area contributed by atoms with Gasteiger partial charge in [0.15, 0.2) is 11.5 Å². The molecule has 0 radical (unpaired) electrons. The molecule has 2 aromatic rings. The monoisotopic (exact) mass is 139 g/mol. The Bertz CT molecular complexity index is 328. The maximum atomic E-state index is 12.7. The molecule has 52 valence electrons. The van der Waals surface area contributed by atoms with E-state index in [9.17, 15) is 4.39 Å². The van der Waals surface area contributed by atoms with Gasteiger partial charge in [-0.1, -0.05) is 0 Å². The second kappa shape index (κ2) is 1.59. The Morgan fingerprint density at radius 1 is 1.70 bits per heavy atom. The quantitative estimate of drug-likeness (QED) is 0.581. The lowest BCUT2D eigenvalue weighted by Gasteiger charge is -1.86. The topological polar surface area (TPSA) is 33.6 Å². The zero-order valence-corrected chi connectivity index (χ0v) is 5.43. The normalized spacial score (nSPS) is 11.0. The van der Waals surface area contributed by atoms with Crippen LogP contribution in [0.15, 0.2) is 12.5 Å². The van der Waals surface area contributed by atoms with Gasteiger partial charge in [0.1, 0.15) is 5.52 Å². The minimum absolute atomic E-state index is 0.255. The van der Waals surface area contributed by atoms with E-state index in [-0.39, 0.29) is 5.82 Å². The summed E-state index contributed by atoms with van der Waals surface area (Å²) < 4.78 is 14.4. The number of hydrogen-bond acceptors (Lipinski definition) is 1. The number of nitrogens with one attached hydrogen (secondary N) is 1. The zero-order chi connectivity index (χ0) is 7.14. The fourth-order valence-electron chi connectivity index (χ4n) is 1.02. The van der Waals surface area contributed by atoms with Crippen molar-refractivity contribution in [2.45, 2.75) is 0 Å². The summed E-state index contributed by atoms with van der Waals surface area (Å²) in [6.07, 6.45) is 2.88. The molecular formula is C6H6FN3. The summed E-state index contributed by atoms with van der Waals surface area (Å²) in [6, 6.07) is 0. The van der Waals surface area contributed by atoms with E-state index in [0.29, 0.717) is 11.2 Å². The van der Waals surface area contributed by atoms with Gasteiger partial charge in [-0.25, -0.2) is 9.37 Å². The Hall–Kier alpha value is -1.32. The molecule has 0 fully saturated rings. The number of imidazole rings is 1. The minimum atomic E-state index is -0.255. The van der Waals surface area contributed by atoms with E-state index in [1.165, 1.54) is 6.20 Å². The summed E-state index contributed by atoms with van der Waals surface area (Å²) in [6.45, 7) is 0. The van der Waals surface area contributed by atoms with Crippen molar-refractivity contribution >= 4 is 11.2 Å². The summed E-state index contributed by atoms with van der Waals surface area (Å²) in [5.74, 6) is -0.255. The third kappa shape index (κ3) is 0.504. The van der Waals surface area contributed by atoms with E-state index >= 15 is 0 Å². The molecule has 10 heavy (non-hydrogen) atoms. The average molecular weight is 139 g/mol. The molecule has 0 aromatic carbocycles. The molecule has 2 heterocycles. The summed E-state index contributed by atoms with van der Waals surface area (Å²) in [5, 5.41) is 0. The molecule has 3 nitrogen and oxygen atoms in total. The fraction of sp³-hybridized carbons (Fsp3) is 0.167. The molecule has 2 aromatic heterocycles. The predicted molar refractivity (Wildman–Crippen MR) is 35.0 cm³/mol. The molecule has 0 aliphatic heterocycles. The number of halogens is 1. The van der Waals surface area contributed by atoms with Crippen LogP contribution in [0, 0.1) is 5.82 Å². The van der Waals surface area contributed by atoms with Crippen LogP contribution in [0.4, 0.5) is 4.39 Å². The fourth-order valence-corrected chi connectivity index (χ4v) is 1.02. The van der Waals surface area contributed by atoms with E-state index in [2.05, 4.69) is 9.97 Å². The smallest absolute Gasteiger partial charge is 0.166 e. The predicted octanol–water partition coefficient (Wildman–Crippen LogP) is 1.04. The maximum Gasteiger partial charge on any atom is 0.166 e. The highest BCUT2D eigenvalue weighted by Crippen LogP contribution is 2.12. The Labute approximate surface area is 56.5 Å². The Balaban J connectivity index is 2.98. The van der Waals surface area contributed by atoms with Gasteiger partial charge in [0.25, 0.3) is 0 Å². The van der Waals surface area contributed by atoms with Crippen molar-refractivity contribution < 1.29 is 4.39 Å². The second-order valence-electron chi connectivity index (χ2n) is 2.19. The third-order valence-corrected chi connectivity index (χ3v) is 1.50. The van der Waals surface area contributed by atoms with Crippen molar-refractivity contribution in [2.24, 2.45) is 7.05 Å². The van der Waals surface area contributed by atoms with Gasteiger partial charge in [0, 0.05) is 13.2 Å². The van der Waals surface area contributed by atoms with Crippen LogP contribution in [0.1, 0.15) is 0 Å². The molecule has 0 aliphatic carbocycles. The van der Waals surface area contributed by atoms with Gasteiger partial charge in [0.05, 0.1) is 6.33 Å². The SMILES string of the molecule is Cn1cnc2[nH]cc(F)c21. The lowest BCUT2D eigenvalue weighted by Crippen LogP contribution is -1.83. The number of nitrogens with zero attached hydrogens (tertiary/aromatic N) is 2. The van der Waals surface area contributed by atoms with E-state index in [1.807, 2.05) is 0 Å². The molecule has 0 amide bonds. The van der Waals surface area contributed by atoms with Crippen LogP contribution in [0.2, 0.25) is 0 Å². The van der Waals surface area contributed by atoms with Gasteiger partial charge >= 0.3 is 0 Å². The van der Waals surface area contributed by atoms with Gasteiger partial charge in [-0.15, -0.1) is 0 Å². The van der Waals surface area contributed by atoms with Crippen LogP contribution in [0.5, 0.6) is 0 Å². The number of aryl methyl sites for hydroxylation is 1. The van der Waals surface area contributed by atoms with Gasteiger partial charge in [0.2, 0.25) is 0 Å². The molecule has 0 saturated heterocycles. The second-order valence-corrected chi connectivity index (χ2v) is 2.19. The van der Waals surface area contributed by atoms with Crippen LogP contribution in [-0.2, 0) is 7.05 Å². The number of fused-ring (bicyclic) bond motifs is 1. The largest absolute Gasteiger partial charge is 0.342 e. The Morgan fingerprint density at radius 2 is 2.50 bits per heavy atom. The summed E-state index contributed by atoms with van der Waals surface area (Å²) in [7, 11) is 1.76. The van der Waals surface area contributed by atoms with Crippen molar-refractivity contribution in [1.29, 1.82) is 0 Å². The molecule has 0 unspecified atom stereocenters. The van der Waals surface area contributed by atoms with Crippen LogP contribution < -0.4 is 0 Å². The first-order valence-corrected chi connectivity index (χ1v) is 2.93. The number of H-pyrrole nitrogens is 1. The highest BCUT2D eigenvalue weighted by molar-refractivity contribution is 5.72. The first kappa shape index (κ1) is 5.46. The molecule has 0 spiro atoms. The number of aromatic nitrogens is 3. The van der Waals surface area contributed by atoms with Crippen LogP contribution in [0.25, 0.3) is 11.2 Å². The average Bonchev–Trinajstić information content (AvgIpc) is 2.40. The first-order chi connectivity index (χ1) is 4.79. The zero-order valence-electron chi connectivity index (χ0n) is 5.43. The Kier molecular flexibility index (Phi) is 0.869. The molecule has 1 N–H and O–H groups in total. The molecule has 0 atom stereocenters. The van der Waals surface area contributed by atoms with E-state index in [0.717, 1.165) is 0 Å². The molecular weight excluding hydrogens is 133 g/mol. The van der Waals surface area contributed by atoms with Gasteiger partial charge in [-0.2, -0.15) is 0 Å². The first-order valence-electron chi connectivity index (χ1n) is 2.93. The van der Waals surface area contributed by atoms with Crippen LogP contribution >= 0.6 is 0 Å². The molecule has 0 saturated carbocycles.